The summed E-state index contributed by atoms with van der Waals surface area (Å²) in [5.74, 6) is -0.632. The molecule has 16 heavy (non-hydrogen) atoms. The summed E-state index contributed by atoms with van der Waals surface area (Å²) < 4.78 is 50.8. The fraction of sp³-hybridized carbons (Fsp3) is 0.500. The van der Waals surface area contributed by atoms with E-state index in [1.54, 1.807) is 0 Å². The minimum atomic E-state index is -4.42. The third-order valence-corrected chi connectivity index (χ3v) is 2.09. The van der Waals surface area contributed by atoms with E-state index in [4.69, 9.17) is 0 Å². The average molecular weight is 234 g/mol. The number of halogens is 4. The minimum Gasteiger partial charge on any atom is -0.207 e. The van der Waals surface area contributed by atoms with Crippen LogP contribution in [0, 0.1) is 11.2 Å². The Balaban J connectivity index is 3.19. The van der Waals surface area contributed by atoms with Gasteiger partial charge in [-0.05, 0) is 35.6 Å². The van der Waals surface area contributed by atoms with Crippen molar-refractivity contribution in [1.29, 1.82) is 0 Å². The van der Waals surface area contributed by atoms with Crippen LogP contribution in [0.4, 0.5) is 17.6 Å². The van der Waals surface area contributed by atoms with Crippen molar-refractivity contribution in [2.75, 3.05) is 0 Å². The number of hydrogen-bond donors (Lipinski definition) is 0. The highest BCUT2D eigenvalue weighted by Gasteiger charge is 2.34. The first-order chi connectivity index (χ1) is 7.09. The number of alkyl halides is 3. The molecule has 0 N–H and O–H groups in total. The van der Waals surface area contributed by atoms with Gasteiger partial charge in [-0.3, -0.25) is 0 Å². The third kappa shape index (κ3) is 3.51. The molecule has 0 atom stereocenters. The lowest BCUT2D eigenvalue weighted by Crippen LogP contribution is -2.15. The van der Waals surface area contributed by atoms with Crippen molar-refractivity contribution in [3.63, 3.8) is 0 Å². The van der Waals surface area contributed by atoms with Crippen LogP contribution in [0.5, 0.6) is 0 Å². The second kappa shape index (κ2) is 4.07. The molecule has 0 radical (unpaired) electrons. The predicted octanol–water partition coefficient (Wildman–Crippen LogP) is 4.43. The zero-order valence-electron chi connectivity index (χ0n) is 9.45. The van der Waals surface area contributed by atoms with E-state index in [-0.39, 0.29) is 17.4 Å². The number of hydrogen-bond acceptors (Lipinski definition) is 0. The van der Waals surface area contributed by atoms with Gasteiger partial charge in [-0.2, -0.15) is 13.2 Å². The van der Waals surface area contributed by atoms with Gasteiger partial charge in [0.05, 0.1) is 5.56 Å². The van der Waals surface area contributed by atoms with Crippen LogP contribution in [0.3, 0.4) is 0 Å². The van der Waals surface area contributed by atoms with Crippen molar-refractivity contribution in [3.8, 4) is 0 Å². The maximum absolute atomic E-state index is 12.9. The van der Waals surface area contributed by atoms with Crippen molar-refractivity contribution >= 4 is 0 Å². The van der Waals surface area contributed by atoms with Gasteiger partial charge in [-0.1, -0.05) is 20.8 Å². The van der Waals surface area contributed by atoms with E-state index in [1.165, 1.54) is 0 Å². The summed E-state index contributed by atoms with van der Waals surface area (Å²) in [5, 5.41) is 0. The van der Waals surface area contributed by atoms with E-state index in [9.17, 15) is 17.6 Å². The van der Waals surface area contributed by atoms with E-state index in [1.807, 2.05) is 20.8 Å². The highest BCUT2D eigenvalue weighted by atomic mass is 19.4. The van der Waals surface area contributed by atoms with E-state index in [0.29, 0.717) is 0 Å². The molecule has 0 unspecified atom stereocenters. The van der Waals surface area contributed by atoms with Crippen LogP contribution in [0.25, 0.3) is 0 Å². The summed E-state index contributed by atoms with van der Waals surface area (Å²) in [4.78, 5) is 0. The van der Waals surface area contributed by atoms with E-state index >= 15 is 0 Å². The van der Waals surface area contributed by atoms with Crippen LogP contribution < -0.4 is 0 Å². The Morgan fingerprint density at radius 1 is 1.06 bits per heavy atom. The molecule has 1 aromatic rings. The fourth-order valence-corrected chi connectivity index (χ4v) is 1.56. The first-order valence-electron chi connectivity index (χ1n) is 4.95. The molecule has 0 heterocycles. The maximum atomic E-state index is 12.9. The molecule has 0 spiro atoms. The second-order valence-corrected chi connectivity index (χ2v) is 5.04. The fourth-order valence-electron chi connectivity index (χ4n) is 1.56. The molecular formula is C12H14F4. The molecule has 4 heteroatoms. The van der Waals surface area contributed by atoms with Crippen molar-refractivity contribution in [2.45, 2.75) is 33.4 Å². The largest absolute Gasteiger partial charge is 0.416 e. The molecule has 0 bridgehead atoms. The Morgan fingerprint density at radius 3 is 2.06 bits per heavy atom. The molecule has 0 nitrogen and oxygen atoms in total. The van der Waals surface area contributed by atoms with E-state index in [2.05, 4.69) is 0 Å². The van der Waals surface area contributed by atoms with Crippen LogP contribution in [-0.2, 0) is 12.6 Å². The van der Waals surface area contributed by atoms with Gasteiger partial charge in [0.15, 0.2) is 0 Å². The van der Waals surface area contributed by atoms with Gasteiger partial charge in [-0.25, -0.2) is 4.39 Å². The minimum absolute atomic E-state index is 0.0139. The molecule has 1 rings (SSSR count). The van der Waals surface area contributed by atoms with Gasteiger partial charge in [-0.15, -0.1) is 0 Å². The van der Waals surface area contributed by atoms with Crippen molar-refractivity contribution in [2.24, 2.45) is 5.41 Å². The summed E-state index contributed by atoms with van der Waals surface area (Å²) in [5.41, 5.74) is -1.04. The summed E-state index contributed by atoms with van der Waals surface area (Å²) in [6, 6.07) is 2.61. The van der Waals surface area contributed by atoms with Crippen LogP contribution in [0.2, 0.25) is 0 Å². The lowest BCUT2D eigenvalue weighted by molar-refractivity contribution is -0.138. The van der Waals surface area contributed by atoms with Gasteiger partial charge in [0.25, 0.3) is 0 Å². The quantitative estimate of drug-likeness (QED) is 0.630. The third-order valence-electron chi connectivity index (χ3n) is 2.09. The summed E-state index contributed by atoms with van der Waals surface area (Å²) in [6.45, 7) is 5.45. The number of benzene rings is 1. The first-order valence-corrected chi connectivity index (χ1v) is 4.95. The Bertz CT molecular complexity index is 372. The molecular weight excluding hydrogens is 220 g/mol. The molecule has 0 aliphatic carbocycles. The molecule has 0 aliphatic rings. The van der Waals surface area contributed by atoms with Gasteiger partial charge >= 0.3 is 6.18 Å². The van der Waals surface area contributed by atoms with Crippen molar-refractivity contribution in [1.82, 2.24) is 0 Å². The van der Waals surface area contributed by atoms with Gasteiger partial charge in [0.2, 0.25) is 0 Å². The zero-order valence-corrected chi connectivity index (χ0v) is 9.45. The topological polar surface area (TPSA) is 0 Å². The second-order valence-electron chi connectivity index (χ2n) is 5.04. The zero-order chi connectivity index (χ0) is 12.6. The predicted molar refractivity (Wildman–Crippen MR) is 54.6 cm³/mol. The number of rotatable bonds is 1. The average Bonchev–Trinajstić information content (AvgIpc) is 1.97. The van der Waals surface area contributed by atoms with Crippen LogP contribution in [-0.4, -0.2) is 0 Å². The maximum Gasteiger partial charge on any atom is 0.416 e. The van der Waals surface area contributed by atoms with Crippen molar-refractivity contribution in [3.05, 3.63) is 35.1 Å². The van der Waals surface area contributed by atoms with E-state index in [0.717, 1.165) is 18.2 Å². The Hall–Kier alpha value is -1.06. The Labute approximate surface area is 92.3 Å². The molecule has 1 aromatic carbocycles. The molecule has 0 fully saturated rings. The van der Waals surface area contributed by atoms with Gasteiger partial charge < -0.3 is 0 Å². The van der Waals surface area contributed by atoms with Crippen molar-refractivity contribution < 1.29 is 17.6 Å². The molecule has 90 valence electrons. The molecule has 0 aromatic heterocycles. The SMILES string of the molecule is CC(C)(C)Cc1cc(F)ccc1C(F)(F)F. The highest BCUT2D eigenvalue weighted by molar-refractivity contribution is 5.31. The summed E-state index contributed by atoms with van der Waals surface area (Å²) in [6.07, 6.45) is -4.23. The lowest BCUT2D eigenvalue weighted by Gasteiger charge is -2.21. The highest BCUT2D eigenvalue weighted by Crippen LogP contribution is 2.35. The van der Waals surface area contributed by atoms with E-state index < -0.39 is 17.6 Å². The van der Waals surface area contributed by atoms with Crippen LogP contribution in [0.1, 0.15) is 31.9 Å². The lowest BCUT2D eigenvalue weighted by atomic mass is 9.86. The Morgan fingerprint density at radius 2 is 1.62 bits per heavy atom. The first kappa shape index (κ1) is 13.0. The molecule has 0 saturated carbocycles. The monoisotopic (exact) mass is 234 g/mol. The standard InChI is InChI=1S/C12H14F4/c1-11(2,3)7-8-6-9(13)4-5-10(8)12(14,15)16/h4-6H,7H2,1-3H3. The summed E-state index contributed by atoms with van der Waals surface area (Å²) >= 11 is 0. The normalized spacial score (nSPS) is 12.9. The molecule has 0 aliphatic heterocycles. The molecule has 0 saturated heterocycles. The van der Waals surface area contributed by atoms with Gasteiger partial charge in [0, 0.05) is 0 Å². The van der Waals surface area contributed by atoms with Crippen LogP contribution in [0.15, 0.2) is 18.2 Å². The smallest absolute Gasteiger partial charge is 0.207 e. The summed E-state index contributed by atoms with van der Waals surface area (Å²) in [7, 11) is 0. The Kier molecular flexibility index (Phi) is 3.31. The molecule has 0 amide bonds. The van der Waals surface area contributed by atoms with Gasteiger partial charge in [0.1, 0.15) is 5.82 Å². The van der Waals surface area contributed by atoms with Crippen LogP contribution >= 0.6 is 0 Å².